The van der Waals surface area contributed by atoms with Crippen molar-refractivity contribution in [2.45, 2.75) is 11.3 Å². The van der Waals surface area contributed by atoms with Gasteiger partial charge >= 0.3 is 5.97 Å². The second-order valence-corrected chi connectivity index (χ2v) is 5.19. The van der Waals surface area contributed by atoms with Crippen molar-refractivity contribution < 1.29 is 9.90 Å². The van der Waals surface area contributed by atoms with Crippen molar-refractivity contribution in [3.05, 3.63) is 40.9 Å². The van der Waals surface area contributed by atoms with Crippen LogP contribution < -0.4 is 0 Å². The number of rotatable bonds is 5. The second-order valence-electron chi connectivity index (χ2n) is 3.02. The largest absolute Gasteiger partial charge is 0.481 e. The van der Waals surface area contributed by atoms with Crippen LogP contribution in [0.2, 0.25) is 0 Å². The molecule has 0 fully saturated rings. The lowest BCUT2D eigenvalue weighted by molar-refractivity contribution is -0.136. The molecule has 0 saturated heterocycles. The van der Waals surface area contributed by atoms with Crippen LogP contribution in [0.1, 0.15) is 5.56 Å². The van der Waals surface area contributed by atoms with Crippen LogP contribution in [-0.4, -0.2) is 16.8 Å². The van der Waals surface area contributed by atoms with E-state index >= 15 is 0 Å². The molecule has 0 aliphatic carbocycles. The summed E-state index contributed by atoms with van der Waals surface area (Å²) in [5.74, 6) is 0.0161. The molecule has 0 amide bonds. The Morgan fingerprint density at radius 3 is 2.47 bits per heavy atom. The lowest BCUT2D eigenvalue weighted by Gasteiger charge is -2.01. The summed E-state index contributed by atoms with van der Waals surface area (Å²) in [5.41, 5.74) is 0.824. The highest BCUT2D eigenvalue weighted by Crippen LogP contribution is 2.22. The summed E-state index contributed by atoms with van der Waals surface area (Å²) in [5, 5.41) is 8.59. The van der Waals surface area contributed by atoms with Crippen LogP contribution in [0.15, 0.2) is 40.2 Å². The van der Waals surface area contributed by atoms with Crippen molar-refractivity contribution in [3.63, 3.8) is 0 Å². The van der Waals surface area contributed by atoms with Crippen molar-refractivity contribution in [1.82, 2.24) is 0 Å². The Morgan fingerprint density at radius 1 is 1.40 bits per heavy atom. The molecule has 0 spiro atoms. The van der Waals surface area contributed by atoms with Gasteiger partial charge < -0.3 is 5.11 Å². The molecule has 0 aromatic heterocycles. The first kappa shape index (κ1) is 12.3. The third-order valence-electron chi connectivity index (χ3n) is 1.67. The maximum absolute atomic E-state index is 10.4. The van der Waals surface area contributed by atoms with Gasteiger partial charge in [-0.05, 0) is 22.2 Å². The molecule has 0 saturated carbocycles. The van der Waals surface area contributed by atoms with E-state index in [4.69, 9.17) is 5.11 Å². The van der Waals surface area contributed by atoms with E-state index in [0.29, 0.717) is 0 Å². The predicted molar refractivity (Wildman–Crippen MR) is 66.6 cm³/mol. The van der Waals surface area contributed by atoms with Gasteiger partial charge in [0.2, 0.25) is 0 Å². The average molecular weight is 287 g/mol. The fraction of sp³-hybridized carbons (Fsp3) is 0.182. The van der Waals surface area contributed by atoms with Crippen molar-refractivity contribution in [2.24, 2.45) is 0 Å². The summed E-state index contributed by atoms with van der Waals surface area (Å²) in [6.45, 7) is 3.75. The Labute approximate surface area is 102 Å². The van der Waals surface area contributed by atoms with Gasteiger partial charge in [-0.1, -0.05) is 34.6 Å². The van der Waals surface area contributed by atoms with Gasteiger partial charge in [-0.15, -0.1) is 11.8 Å². The fourth-order valence-corrected chi connectivity index (χ4v) is 2.03. The van der Waals surface area contributed by atoms with Gasteiger partial charge in [0.1, 0.15) is 0 Å². The minimum Gasteiger partial charge on any atom is -0.481 e. The number of halogens is 1. The summed E-state index contributed by atoms with van der Waals surface area (Å²) in [4.78, 5) is 11.6. The number of carboxylic acid groups (broad SMARTS) is 1. The lowest BCUT2D eigenvalue weighted by atomic mass is 10.2. The third-order valence-corrected chi connectivity index (χ3v) is 3.42. The van der Waals surface area contributed by atoms with E-state index in [9.17, 15) is 4.79 Å². The number of carbonyl (C=O) groups is 1. The molecule has 0 aliphatic heterocycles. The third kappa shape index (κ3) is 5.04. The zero-order valence-electron chi connectivity index (χ0n) is 8.07. The molecular weight excluding hydrogens is 276 g/mol. The first-order valence-corrected chi connectivity index (χ1v) is 6.12. The van der Waals surface area contributed by atoms with Crippen LogP contribution >= 0.6 is 27.7 Å². The first-order valence-electron chi connectivity index (χ1n) is 4.35. The minimum atomic E-state index is -0.802. The molecule has 0 bridgehead atoms. The molecule has 0 radical (unpaired) electrons. The standard InChI is InChI=1S/C11H11BrO2S/c1-8(12)7-15-10-4-2-9(3-5-10)6-11(13)14/h2-5H,1,6-7H2,(H,13,14). The molecule has 0 unspecified atom stereocenters. The lowest BCUT2D eigenvalue weighted by Crippen LogP contribution is -1.99. The number of aliphatic carboxylic acids is 1. The summed E-state index contributed by atoms with van der Waals surface area (Å²) in [6.07, 6.45) is 0.0795. The van der Waals surface area contributed by atoms with Crippen LogP contribution in [0.5, 0.6) is 0 Å². The molecule has 2 nitrogen and oxygen atoms in total. The maximum atomic E-state index is 10.4. The predicted octanol–water partition coefficient (Wildman–Crippen LogP) is 3.31. The molecule has 15 heavy (non-hydrogen) atoms. The number of carboxylic acids is 1. The van der Waals surface area contributed by atoms with Gasteiger partial charge in [-0.3, -0.25) is 4.79 Å². The Balaban J connectivity index is 2.56. The quantitative estimate of drug-likeness (QED) is 0.844. The smallest absolute Gasteiger partial charge is 0.307 e. The molecule has 1 N–H and O–H groups in total. The molecular formula is C11H11BrO2S. The highest BCUT2D eigenvalue weighted by Gasteiger charge is 2.00. The van der Waals surface area contributed by atoms with Crippen molar-refractivity contribution >= 4 is 33.7 Å². The minimum absolute atomic E-state index is 0.0795. The van der Waals surface area contributed by atoms with E-state index in [2.05, 4.69) is 22.5 Å². The topological polar surface area (TPSA) is 37.3 Å². The summed E-state index contributed by atoms with van der Waals surface area (Å²) < 4.78 is 0.946. The van der Waals surface area contributed by atoms with Gasteiger partial charge in [0.25, 0.3) is 0 Å². The highest BCUT2D eigenvalue weighted by molar-refractivity contribution is 9.11. The van der Waals surface area contributed by atoms with E-state index in [-0.39, 0.29) is 6.42 Å². The van der Waals surface area contributed by atoms with E-state index in [1.807, 2.05) is 24.3 Å². The van der Waals surface area contributed by atoms with Crippen LogP contribution in [0.3, 0.4) is 0 Å². The summed E-state index contributed by atoms with van der Waals surface area (Å²) >= 11 is 4.95. The van der Waals surface area contributed by atoms with Crippen molar-refractivity contribution in [1.29, 1.82) is 0 Å². The molecule has 4 heteroatoms. The van der Waals surface area contributed by atoms with Crippen LogP contribution in [-0.2, 0) is 11.2 Å². The molecule has 0 aliphatic rings. The maximum Gasteiger partial charge on any atom is 0.307 e. The molecule has 1 rings (SSSR count). The Bertz CT molecular complexity index is 359. The fourth-order valence-electron chi connectivity index (χ4n) is 1.04. The molecule has 1 aromatic carbocycles. The normalized spacial score (nSPS) is 9.93. The van der Waals surface area contributed by atoms with Crippen molar-refractivity contribution in [2.75, 3.05) is 5.75 Å². The molecule has 1 aromatic rings. The Morgan fingerprint density at radius 2 is 2.00 bits per heavy atom. The van der Waals surface area contributed by atoms with Crippen LogP contribution in [0.25, 0.3) is 0 Å². The molecule has 0 heterocycles. The van der Waals surface area contributed by atoms with Crippen LogP contribution in [0, 0.1) is 0 Å². The van der Waals surface area contributed by atoms with Gasteiger partial charge in [-0.25, -0.2) is 0 Å². The highest BCUT2D eigenvalue weighted by atomic mass is 79.9. The van der Waals surface area contributed by atoms with E-state index in [0.717, 1.165) is 20.7 Å². The van der Waals surface area contributed by atoms with Gasteiger partial charge in [0.15, 0.2) is 0 Å². The SMILES string of the molecule is C=C(Br)CSc1ccc(CC(=O)O)cc1. The molecule has 0 atom stereocenters. The zero-order chi connectivity index (χ0) is 11.3. The van der Waals surface area contributed by atoms with E-state index in [1.54, 1.807) is 11.8 Å². The average Bonchev–Trinajstić information content (AvgIpc) is 2.16. The van der Waals surface area contributed by atoms with Crippen LogP contribution in [0.4, 0.5) is 0 Å². The number of thioether (sulfide) groups is 1. The number of hydrogen-bond donors (Lipinski definition) is 1. The number of benzene rings is 1. The Hall–Kier alpha value is -0.740. The summed E-state index contributed by atoms with van der Waals surface area (Å²) in [6, 6.07) is 7.54. The second kappa shape index (κ2) is 5.98. The first-order chi connectivity index (χ1) is 7.08. The van der Waals surface area contributed by atoms with Gasteiger partial charge in [0, 0.05) is 10.6 Å². The monoisotopic (exact) mass is 286 g/mol. The number of hydrogen-bond acceptors (Lipinski definition) is 2. The molecule has 80 valence electrons. The van der Waals surface area contributed by atoms with Crippen molar-refractivity contribution in [3.8, 4) is 0 Å². The van der Waals surface area contributed by atoms with Gasteiger partial charge in [0.05, 0.1) is 6.42 Å². The van der Waals surface area contributed by atoms with E-state index < -0.39 is 5.97 Å². The van der Waals surface area contributed by atoms with Gasteiger partial charge in [-0.2, -0.15) is 0 Å². The zero-order valence-corrected chi connectivity index (χ0v) is 10.5. The summed E-state index contributed by atoms with van der Waals surface area (Å²) in [7, 11) is 0. The van der Waals surface area contributed by atoms with E-state index in [1.165, 1.54) is 0 Å². The Kier molecular flexibility index (Phi) is 4.91.